The highest BCUT2D eigenvalue weighted by molar-refractivity contribution is 6.30. The third kappa shape index (κ3) is 3.02. The van der Waals surface area contributed by atoms with Crippen molar-refractivity contribution >= 4 is 22.6 Å². The number of nitrogens with zero attached hydrogens (tertiary/aromatic N) is 5. The summed E-state index contributed by atoms with van der Waals surface area (Å²) in [6, 6.07) is 6.98. The van der Waals surface area contributed by atoms with Gasteiger partial charge in [0.05, 0.1) is 22.8 Å². The van der Waals surface area contributed by atoms with E-state index in [9.17, 15) is 5.26 Å². The molecule has 1 aromatic carbocycles. The average Bonchev–Trinajstić information content (AvgIpc) is 2.96. The van der Waals surface area contributed by atoms with Gasteiger partial charge in [0.25, 0.3) is 0 Å². The van der Waals surface area contributed by atoms with Crippen LogP contribution in [0.1, 0.15) is 23.8 Å². The van der Waals surface area contributed by atoms with Crippen LogP contribution in [0.15, 0.2) is 30.7 Å². The summed E-state index contributed by atoms with van der Waals surface area (Å²) in [5, 5.41) is 14.7. The van der Waals surface area contributed by atoms with Crippen molar-refractivity contribution in [3.05, 3.63) is 47.0 Å². The van der Waals surface area contributed by atoms with Crippen LogP contribution in [0.4, 0.5) is 0 Å². The largest absolute Gasteiger partial charge is 0.483 e. The summed E-state index contributed by atoms with van der Waals surface area (Å²) >= 11 is 6.03. The van der Waals surface area contributed by atoms with E-state index in [4.69, 9.17) is 22.1 Å². The molecule has 3 aromatic rings. The van der Waals surface area contributed by atoms with Crippen molar-refractivity contribution in [3.63, 3.8) is 0 Å². The van der Waals surface area contributed by atoms with Crippen LogP contribution in [0, 0.1) is 11.3 Å². The Morgan fingerprint density at radius 1 is 1.42 bits per heavy atom. The standard InChI is InChI=1S/C16H15ClN6O/c1-23-16-12(8-22-23)15(20-9-21-16)13(4-5-18)24-14-6-11(17)3-2-10(14)7-19/h2-3,6,8-9,13H,4-5,18H2,1H3. The SMILES string of the molecule is Cn1ncc2c(C(CCN)Oc3cc(Cl)ccc3C#N)ncnc21. The van der Waals surface area contributed by atoms with Crippen LogP contribution in [-0.4, -0.2) is 26.3 Å². The Morgan fingerprint density at radius 2 is 2.25 bits per heavy atom. The highest BCUT2D eigenvalue weighted by Crippen LogP contribution is 2.31. The molecule has 0 amide bonds. The Labute approximate surface area is 143 Å². The first-order chi connectivity index (χ1) is 11.6. The van der Waals surface area contributed by atoms with Gasteiger partial charge in [0, 0.05) is 24.6 Å². The Hall–Kier alpha value is -2.69. The third-order valence-electron chi connectivity index (χ3n) is 3.63. The molecule has 1 unspecified atom stereocenters. The van der Waals surface area contributed by atoms with Crippen LogP contribution in [0.5, 0.6) is 5.75 Å². The van der Waals surface area contributed by atoms with Gasteiger partial charge >= 0.3 is 0 Å². The van der Waals surface area contributed by atoms with Crippen LogP contribution in [-0.2, 0) is 7.05 Å². The second-order valence-electron chi connectivity index (χ2n) is 5.20. The summed E-state index contributed by atoms with van der Waals surface area (Å²) in [5.74, 6) is 0.402. The summed E-state index contributed by atoms with van der Waals surface area (Å²) in [6.07, 6.45) is 3.25. The maximum Gasteiger partial charge on any atom is 0.161 e. The molecule has 3 rings (SSSR count). The van der Waals surface area contributed by atoms with Crippen molar-refractivity contribution in [1.29, 1.82) is 5.26 Å². The maximum absolute atomic E-state index is 9.26. The molecule has 0 bridgehead atoms. The molecule has 8 heteroatoms. The van der Waals surface area contributed by atoms with Gasteiger partial charge in [-0.3, -0.25) is 4.68 Å². The van der Waals surface area contributed by atoms with Crippen LogP contribution >= 0.6 is 11.6 Å². The molecule has 2 heterocycles. The normalized spacial score (nSPS) is 12.1. The topological polar surface area (TPSA) is 103 Å². The second kappa shape index (κ2) is 6.83. The number of aromatic nitrogens is 4. The fraction of sp³-hybridized carbons (Fsp3) is 0.250. The van der Waals surface area contributed by atoms with Crippen molar-refractivity contribution in [2.45, 2.75) is 12.5 Å². The van der Waals surface area contributed by atoms with Gasteiger partial charge in [-0.15, -0.1) is 0 Å². The summed E-state index contributed by atoms with van der Waals surface area (Å²) < 4.78 is 7.71. The number of aryl methyl sites for hydroxylation is 1. The minimum atomic E-state index is -0.435. The van der Waals surface area contributed by atoms with Gasteiger partial charge in [-0.2, -0.15) is 10.4 Å². The summed E-state index contributed by atoms with van der Waals surface area (Å²) in [5.41, 5.74) is 7.52. The smallest absolute Gasteiger partial charge is 0.161 e. The van der Waals surface area contributed by atoms with E-state index in [0.717, 1.165) is 5.39 Å². The number of nitriles is 1. The summed E-state index contributed by atoms with van der Waals surface area (Å²) in [7, 11) is 1.81. The van der Waals surface area contributed by atoms with E-state index in [1.54, 1.807) is 29.1 Å². The second-order valence-corrected chi connectivity index (χ2v) is 5.64. The molecule has 2 aromatic heterocycles. The van der Waals surface area contributed by atoms with Crippen molar-refractivity contribution in [2.75, 3.05) is 6.54 Å². The molecule has 122 valence electrons. The van der Waals surface area contributed by atoms with E-state index in [-0.39, 0.29) is 0 Å². The van der Waals surface area contributed by atoms with Crippen LogP contribution in [0.25, 0.3) is 11.0 Å². The van der Waals surface area contributed by atoms with Crippen molar-refractivity contribution in [2.24, 2.45) is 12.8 Å². The third-order valence-corrected chi connectivity index (χ3v) is 3.86. The summed E-state index contributed by atoms with van der Waals surface area (Å²) in [4.78, 5) is 8.58. The Balaban J connectivity index is 2.04. The first-order valence-electron chi connectivity index (χ1n) is 7.33. The molecular weight excluding hydrogens is 328 g/mol. The molecule has 0 aliphatic heterocycles. The van der Waals surface area contributed by atoms with Crippen molar-refractivity contribution in [3.8, 4) is 11.8 Å². The van der Waals surface area contributed by atoms with Gasteiger partial charge in [0.2, 0.25) is 0 Å². The lowest BCUT2D eigenvalue weighted by molar-refractivity contribution is 0.194. The number of ether oxygens (including phenoxy) is 1. The Kier molecular flexibility index (Phi) is 4.60. The predicted molar refractivity (Wildman–Crippen MR) is 89.5 cm³/mol. The molecule has 2 N–H and O–H groups in total. The molecule has 1 atom stereocenters. The molecule has 0 aliphatic rings. The Morgan fingerprint density at radius 3 is 3.00 bits per heavy atom. The average molecular weight is 343 g/mol. The van der Waals surface area contributed by atoms with Gasteiger partial charge in [-0.05, 0) is 18.7 Å². The number of nitrogens with two attached hydrogens (primary N) is 1. The molecule has 0 radical (unpaired) electrons. The molecular formula is C16H15ClN6O. The van der Waals surface area contributed by atoms with E-state index < -0.39 is 6.10 Å². The molecule has 0 aliphatic carbocycles. The number of halogens is 1. The number of benzene rings is 1. The lowest BCUT2D eigenvalue weighted by atomic mass is 10.1. The van der Waals surface area contributed by atoms with Gasteiger partial charge in [0.1, 0.15) is 24.3 Å². The van der Waals surface area contributed by atoms with E-state index >= 15 is 0 Å². The number of hydrogen-bond donors (Lipinski definition) is 1. The molecule has 0 spiro atoms. The minimum Gasteiger partial charge on any atom is -0.483 e. The fourth-order valence-corrected chi connectivity index (χ4v) is 2.64. The zero-order valence-electron chi connectivity index (χ0n) is 13.0. The monoisotopic (exact) mass is 342 g/mol. The van der Waals surface area contributed by atoms with E-state index in [0.29, 0.717) is 40.6 Å². The Bertz CT molecular complexity index is 917. The number of hydrogen-bond acceptors (Lipinski definition) is 6. The van der Waals surface area contributed by atoms with E-state index in [1.807, 2.05) is 7.05 Å². The van der Waals surface area contributed by atoms with Crippen LogP contribution in [0.2, 0.25) is 5.02 Å². The highest BCUT2D eigenvalue weighted by atomic mass is 35.5. The van der Waals surface area contributed by atoms with Gasteiger partial charge in [0.15, 0.2) is 5.65 Å². The van der Waals surface area contributed by atoms with Gasteiger partial charge < -0.3 is 10.5 Å². The van der Waals surface area contributed by atoms with Gasteiger partial charge in [-0.1, -0.05) is 11.6 Å². The quantitative estimate of drug-likeness (QED) is 0.763. The zero-order chi connectivity index (χ0) is 17.1. The molecule has 0 saturated heterocycles. The van der Waals surface area contributed by atoms with Crippen molar-refractivity contribution < 1.29 is 4.74 Å². The maximum atomic E-state index is 9.26. The van der Waals surface area contributed by atoms with E-state index in [2.05, 4.69) is 21.1 Å². The first-order valence-corrected chi connectivity index (χ1v) is 7.70. The minimum absolute atomic E-state index is 0.401. The van der Waals surface area contributed by atoms with Crippen LogP contribution < -0.4 is 10.5 Å². The summed E-state index contributed by atoms with van der Waals surface area (Å²) in [6.45, 7) is 0.402. The number of fused-ring (bicyclic) bond motifs is 1. The molecule has 0 saturated carbocycles. The number of rotatable bonds is 5. The zero-order valence-corrected chi connectivity index (χ0v) is 13.7. The molecule has 24 heavy (non-hydrogen) atoms. The molecule has 7 nitrogen and oxygen atoms in total. The lowest BCUT2D eigenvalue weighted by Crippen LogP contribution is -2.15. The van der Waals surface area contributed by atoms with Crippen LogP contribution in [0.3, 0.4) is 0 Å². The van der Waals surface area contributed by atoms with Crippen molar-refractivity contribution in [1.82, 2.24) is 19.7 Å². The fourth-order valence-electron chi connectivity index (χ4n) is 2.48. The lowest BCUT2D eigenvalue weighted by Gasteiger charge is -2.19. The highest BCUT2D eigenvalue weighted by Gasteiger charge is 2.21. The van der Waals surface area contributed by atoms with E-state index in [1.165, 1.54) is 6.33 Å². The first kappa shape index (κ1) is 16.2. The van der Waals surface area contributed by atoms with Gasteiger partial charge in [-0.25, -0.2) is 9.97 Å². The molecule has 0 fully saturated rings. The predicted octanol–water partition coefficient (Wildman–Crippen LogP) is 2.36.